The van der Waals surface area contributed by atoms with E-state index in [0.717, 1.165) is 4.90 Å². The van der Waals surface area contributed by atoms with Gasteiger partial charge in [-0.25, -0.2) is 18.4 Å². The first-order valence-corrected chi connectivity index (χ1v) is 6.61. The van der Waals surface area contributed by atoms with E-state index in [1.54, 1.807) is 20.8 Å². The molecule has 1 aliphatic heterocycles. The molecule has 1 N–H and O–H groups in total. The minimum atomic E-state index is -2.71. The van der Waals surface area contributed by atoms with E-state index in [9.17, 15) is 18.4 Å². The van der Waals surface area contributed by atoms with Gasteiger partial charge < -0.3 is 9.84 Å². The summed E-state index contributed by atoms with van der Waals surface area (Å²) in [5.41, 5.74) is -0.748. The Morgan fingerprint density at radius 1 is 1.35 bits per heavy atom. The molecule has 20 heavy (non-hydrogen) atoms. The van der Waals surface area contributed by atoms with Crippen LogP contribution in [0.5, 0.6) is 0 Å². The Morgan fingerprint density at radius 2 is 1.90 bits per heavy atom. The van der Waals surface area contributed by atoms with Crippen molar-refractivity contribution >= 4 is 12.1 Å². The summed E-state index contributed by atoms with van der Waals surface area (Å²) in [6.45, 7) is 5.03. The molecule has 1 saturated carbocycles. The number of carboxylic acids is 1. The predicted octanol–water partition coefficient (Wildman–Crippen LogP) is 2.35. The third-order valence-corrected chi connectivity index (χ3v) is 3.69. The predicted molar refractivity (Wildman–Crippen MR) is 65.5 cm³/mol. The summed E-state index contributed by atoms with van der Waals surface area (Å²) in [6.07, 6.45) is -0.905. The number of likely N-dealkylation sites (tertiary alicyclic amines) is 1. The lowest BCUT2D eigenvalue weighted by Gasteiger charge is -2.26. The molecule has 2 rings (SSSR count). The SMILES string of the molecule is CC(C)(C)OC(=O)N1C[C@@H]([C@H]2CC2(F)F)C[C@H]1C(=O)O. The quantitative estimate of drug-likeness (QED) is 0.848. The van der Waals surface area contributed by atoms with Crippen LogP contribution in [0.4, 0.5) is 13.6 Å². The number of hydrogen-bond donors (Lipinski definition) is 1. The van der Waals surface area contributed by atoms with Gasteiger partial charge in [0, 0.05) is 18.9 Å². The lowest BCUT2D eigenvalue weighted by Crippen LogP contribution is -2.43. The molecule has 0 bridgehead atoms. The Morgan fingerprint density at radius 3 is 2.30 bits per heavy atom. The molecule has 0 aromatic carbocycles. The number of ether oxygens (including phenoxy) is 1. The lowest BCUT2D eigenvalue weighted by atomic mass is 10.00. The Kier molecular flexibility index (Phi) is 3.42. The lowest BCUT2D eigenvalue weighted by molar-refractivity contribution is -0.142. The average Bonchev–Trinajstić information content (AvgIpc) is 2.73. The van der Waals surface area contributed by atoms with Gasteiger partial charge in [0.25, 0.3) is 5.92 Å². The van der Waals surface area contributed by atoms with Gasteiger partial charge in [-0.3, -0.25) is 4.90 Å². The number of aliphatic carboxylic acids is 1. The molecular formula is C13H19F2NO4. The van der Waals surface area contributed by atoms with Gasteiger partial charge in [-0.05, 0) is 33.1 Å². The van der Waals surface area contributed by atoms with Gasteiger partial charge in [0.2, 0.25) is 0 Å². The van der Waals surface area contributed by atoms with Crippen LogP contribution in [-0.4, -0.2) is 46.2 Å². The summed E-state index contributed by atoms with van der Waals surface area (Å²) in [6, 6.07) is -1.08. The molecule has 3 atom stereocenters. The number of alkyl halides is 2. The summed E-state index contributed by atoms with van der Waals surface area (Å²) in [5, 5.41) is 9.14. The number of carboxylic acid groups (broad SMARTS) is 1. The topological polar surface area (TPSA) is 66.8 Å². The second-order valence-corrected chi connectivity index (χ2v) is 6.55. The van der Waals surface area contributed by atoms with Gasteiger partial charge in [-0.15, -0.1) is 0 Å². The van der Waals surface area contributed by atoms with Crippen molar-refractivity contribution < 1.29 is 28.2 Å². The number of rotatable bonds is 2. The first-order valence-electron chi connectivity index (χ1n) is 6.61. The molecule has 1 saturated heterocycles. The molecule has 114 valence electrons. The van der Waals surface area contributed by atoms with Crippen LogP contribution in [0.1, 0.15) is 33.6 Å². The van der Waals surface area contributed by atoms with Crippen LogP contribution in [0.15, 0.2) is 0 Å². The van der Waals surface area contributed by atoms with Crippen LogP contribution < -0.4 is 0 Å². The monoisotopic (exact) mass is 291 g/mol. The van der Waals surface area contributed by atoms with Crippen molar-refractivity contribution in [1.29, 1.82) is 0 Å². The standard InChI is InChI=1S/C13H19F2NO4/c1-12(2,3)20-11(19)16-6-7(4-9(16)10(17)18)8-5-13(8,14)15/h7-9H,4-6H2,1-3H3,(H,17,18)/t7-,8+,9-/m0/s1. The smallest absolute Gasteiger partial charge is 0.411 e. The fraction of sp³-hybridized carbons (Fsp3) is 0.846. The second kappa shape index (κ2) is 4.56. The van der Waals surface area contributed by atoms with Gasteiger partial charge in [0.15, 0.2) is 0 Å². The van der Waals surface area contributed by atoms with E-state index in [1.165, 1.54) is 0 Å². The largest absolute Gasteiger partial charge is 0.480 e. The summed E-state index contributed by atoms with van der Waals surface area (Å²) in [5.74, 6) is -5.17. The van der Waals surface area contributed by atoms with Gasteiger partial charge >= 0.3 is 12.1 Å². The van der Waals surface area contributed by atoms with E-state index in [1.807, 2.05) is 0 Å². The van der Waals surface area contributed by atoms with E-state index >= 15 is 0 Å². The molecular weight excluding hydrogens is 272 g/mol. The van der Waals surface area contributed by atoms with E-state index in [0.29, 0.717) is 0 Å². The van der Waals surface area contributed by atoms with Gasteiger partial charge in [-0.1, -0.05) is 0 Å². The van der Waals surface area contributed by atoms with E-state index in [-0.39, 0.29) is 19.4 Å². The summed E-state index contributed by atoms with van der Waals surface area (Å²) < 4.78 is 31.3. The molecule has 2 fully saturated rings. The van der Waals surface area contributed by atoms with Crippen molar-refractivity contribution in [2.45, 2.75) is 51.2 Å². The molecule has 0 aromatic rings. The highest BCUT2D eigenvalue weighted by atomic mass is 19.3. The van der Waals surface area contributed by atoms with Crippen molar-refractivity contribution in [3.8, 4) is 0 Å². The number of carbonyl (C=O) groups excluding carboxylic acids is 1. The van der Waals surface area contributed by atoms with Crippen molar-refractivity contribution in [3.05, 3.63) is 0 Å². The van der Waals surface area contributed by atoms with Gasteiger partial charge in [-0.2, -0.15) is 0 Å². The molecule has 1 amide bonds. The van der Waals surface area contributed by atoms with Gasteiger partial charge in [0.1, 0.15) is 11.6 Å². The number of carbonyl (C=O) groups is 2. The Bertz CT molecular complexity index is 433. The van der Waals surface area contributed by atoms with Crippen molar-refractivity contribution in [2.75, 3.05) is 6.54 Å². The van der Waals surface area contributed by atoms with E-state index < -0.39 is 41.5 Å². The molecule has 1 heterocycles. The Balaban J connectivity index is 2.07. The minimum Gasteiger partial charge on any atom is -0.480 e. The first kappa shape index (κ1) is 15.0. The van der Waals surface area contributed by atoms with Crippen LogP contribution >= 0.6 is 0 Å². The first-order chi connectivity index (χ1) is 9.01. The average molecular weight is 291 g/mol. The normalized spacial score (nSPS) is 32.0. The molecule has 0 radical (unpaired) electrons. The molecule has 0 aromatic heterocycles. The maximum absolute atomic E-state index is 13.1. The Hall–Kier alpha value is -1.40. The third-order valence-electron chi connectivity index (χ3n) is 3.69. The van der Waals surface area contributed by atoms with E-state index in [4.69, 9.17) is 9.84 Å². The highest BCUT2D eigenvalue weighted by molar-refractivity contribution is 5.81. The van der Waals surface area contributed by atoms with Crippen LogP contribution in [0.2, 0.25) is 0 Å². The molecule has 0 unspecified atom stereocenters. The van der Waals surface area contributed by atoms with Crippen molar-refractivity contribution in [1.82, 2.24) is 4.90 Å². The van der Waals surface area contributed by atoms with Crippen molar-refractivity contribution in [3.63, 3.8) is 0 Å². The fourth-order valence-corrected chi connectivity index (χ4v) is 2.66. The van der Waals surface area contributed by atoms with Crippen LogP contribution in [0, 0.1) is 11.8 Å². The van der Waals surface area contributed by atoms with Crippen LogP contribution in [0.3, 0.4) is 0 Å². The molecule has 5 nitrogen and oxygen atoms in total. The number of halogens is 2. The molecule has 7 heteroatoms. The zero-order chi connectivity index (χ0) is 15.3. The van der Waals surface area contributed by atoms with E-state index in [2.05, 4.69) is 0 Å². The minimum absolute atomic E-state index is 0.0200. The maximum Gasteiger partial charge on any atom is 0.411 e. The summed E-state index contributed by atoms with van der Waals surface area (Å²) in [4.78, 5) is 24.2. The number of hydrogen-bond acceptors (Lipinski definition) is 3. The zero-order valence-electron chi connectivity index (χ0n) is 11.7. The zero-order valence-corrected chi connectivity index (χ0v) is 11.7. The number of nitrogens with zero attached hydrogens (tertiary/aromatic N) is 1. The molecule has 1 aliphatic carbocycles. The molecule has 0 spiro atoms. The van der Waals surface area contributed by atoms with Crippen LogP contribution in [-0.2, 0) is 9.53 Å². The molecule has 2 aliphatic rings. The fourth-order valence-electron chi connectivity index (χ4n) is 2.66. The van der Waals surface area contributed by atoms with Gasteiger partial charge in [0.05, 0.1) is 0 Å². The highest BCUT2D eigenvalue weighted by Gasteiger charge is 2.62. The Labute approximate surface area is 115 Å². The third kappa shape index (κ3) is 3.02. The van der Waals surface area contributed by atoms with Crippen LogP contribution in [0.25, 0.3) is 0 Å². The summed E-state index contributed by atoms with van der Waals surface area (Å²) >= 11 is 0. The second-order valence-electron chi connectivity index (χ2n) is 6.55. The van der Waals surface area contributed by atoms with Crippen molar-refractivity contribution in [2.24, 2.45) is 11.8 Å². The number of amides is 1. The summed E-state index contributed by atoms with van der Waals surface area (Å²) in [7, 11) is 0. The maximum atomic E-state index is 13.1. The highest BCUT2D eigenvalue weighted by Crippen LogP contribution is 2.55.